The van der Waals surface area contributed by atoms with Crippen LogP contribution in [0.15, 0.2) is 18.2 Å². The minimum atomic E-state index is 0.698. The second kappa shape index (κ2) is 6.26. The first-order valence-corrected chi connectivity index (χ1v) is 8.30. The van der Waals surface area contributed by atoms with E-state index in [1.165, 1.54) is 12.0 Å². The van der Waals surface area contributed by atoms with Crippen molar-refractivity contribution >= 4 is 16.7 Å². The maximum absolute atomic E-state index is 5.53. The second-order valence-electron chi connectivity index (χ2n) is 6.84. The predicted octanol–water partition coefficient (Wildman–Crippen LogP) is 4.04. The first-order valence-electron chi connectivity index (χ1n) is 8.30. The van der Waals surface area contributed by atoms with E-state index >= 15 is 0 Å². The van der Waals surface area contributed by atoms with Crippen LogP contribution in [-0.2, 0) is 0 Å². The number of benzene rings is 1. The number of hydrogen-bond acceptors (Lipinski definition) is 4. The molecule has 2 aromatic rings. The van der Waals surface area contributed by atoms with Crippen molar-refractivity contribution in [2.75, 3.05) is 32.2 Å². The molecule has 3 rings (SSSR count). The summed E-state index contributed by atoms with van der Waals surface area (Å²) in [7, 11) is 3.39. The SMILES string of the molecule is COc1ccc(OC)c2c(C)cc(N3C[C@H](C)C[C@@H](C)C3)nc12. The number of nitrogens with zero attached hydrogens (tertiary/aromatic N) is 2. The summed E-state index contributed by atoms with van der Waals surface area (Å²) in [4.78, 5) is 7.34. The summed E-state index contributed by atoms with van der Waals surface area (Å²) in [5.41, 5.74) is 2.05. The molecule has 1 fully saturated rings. The first kappa shape index (κ1) is 15.9. The fraction of sp³-hybridized carbons (Fsp3) is 0.526. The smallest absolute Gasteiger partial charge is 0.145 e. The quantitative estimate of drug-likeness (QED) is 0.856. The molecule has 124 valence electrons. The second-order valence-corrected chi connectivity index (χ2v) is 6.84. The largest absolute Gasteiger partial charge is 0.496 e. The van der Waals surface area contributed by atoms with Gasteiger partial charge in [-0.2, -0.15) is 0 Å². The first-order chi connectivity index (χ1) is 11.0. The minimum absolute atomic E-state index is 0.698. The van der Waals surface area contributed by atoms with Crippen molar-refractivity contribution in [1.29, 1.82) is 0 Å². The van der Waals surface area contributed by atoms with E-state index in [0.29, 0.717) is 11.8 Å². The van der Waals surface area contributed by atoms with E-state index in [2.05, 4.69) is 31.7 Å². The molecule has 1 aliphatic heterocycles. The number of ether oxygens (including phenoxy) is 2. The Morgan fingerprint density at radius 3 is 2.26 bits per heavy atom. The number of hydrogen-bond donors (Lipinski definition) is 0. The Morgan fingerprint density at radius 1 is 1.04 bits per heavy atom. The van der Waals surface area contributed by atoms with E-state index in [0.717, 1.165) is 41.3 Å². The molecule has 2 atom stereocenters. The Bertz CT molecular complexity index is 704. The summed E-state index contributed by atoms with van der Waals surface area (Å²) in [6, 6.07) is 6.05. The van der Waals surface area contributed by atoms with Gasteiger partial charge in [0.1, 0.15) is 22.8 Å². The van der Waals surface area contributed by atoms with Gasteiger partial charge in [0.25, 0.3) is 0 Å². The molecule has 1 aliphatic rings. The maximum atomic E-state index is 5.53. The van der Waals surface area contributed by atoms with Gasteiger partial charge < -0.3 is 14.4 Å². The third-order valence-corrected chi connectivity index (χ3v) is 4.70. The summed E-state index contributed by atoms with van der Waals surface area (Å²) < 4.78 is 11.0. The normalized spacial score (nSPS) is 21.5. The number of pyridine rings is 1. The zero-order valence-corrected chi connectivity index (χ0v) is 14.7. The molecule has 0 radical (unpaired) electrons. The van der Waals surface area contributed by atoms with Gasteiger partial charge in [-0.15, -0.1) is 0 Å². The van der Waals surface area contributed by atoms with Crippen molar-refractivity contribution in [2.45, 2.75) is 27.2 Å². The Labute approximate surface area is 138 Å². The lowest BCUT2D eigenvalue weighted by atomic mass is 9.92. The van der Waals surface area contributed by atoms with Gasteiger partial charge in [-0.05, 0) is 48.9 Å². The summed E-state index contributed by atoms with van der Waals surface area (Å²) >= 11 is 0. The highest BCUT2D eigenvalue weighted by Gasteiger charge is 2.24. The molecule has 0 N–H and O–H groups in total. The number of piperidine rings is 1. The van der Waals surface area contributed by atoms with E-state index in [-0.39, 0.29) is 0 Å². The lowest BCUT2D eigenvalue weighted by Crippen LogP contribution is -2.39. The van der Waals surface area contributed by atoms with Crippen molar-refractivity contribution in [3.05, 3.63) is 23.8 Å². The zero-order chi connectivity index (χ0) is 16.6. The van der Waals surface area contributed by atoms with Crippen LogP contribution >= 0.6 is 0 Å². The summed E-state index contributed by atoms with van der Waals surface area (Å²) in [6.45, 7) is 8.88. The van der Waals surface area contributed by atoms with Crippen LogP contribution in [0.4, 0.5) is 5.82 Å². The number of aromatic nitrogens is 1. The van der Waals surface area contributed by atoms with Gasteiger partial charge in [0.15, 0.2) is 0 Å². The van der Waals surface area contributed by atoms with Crippen LogP contribution in [0.25, 0.3) is 10.9 Å². The molecule has 0 amide bonds. The van der Waals surface area contributed by atoms with Crippen LogP contribution in [0.1, 0.15) is 25.8 Å². The fourth-order valence-electron chi connectivity index (χ4n) is 3.81. The van der Waals surface area contributed by atoms with Gasteiger partial charge in [0.05, 0.1) is 14.2 Å². The third kappa shape index (κ3) is 2.94. The molecule has 0 aliphatic carbocycles. The Morgan fingerprint density at radius 2 is 1.65 bits per heavy atom. The van der Waals surface area contributed by atoms with Crippen molar-refractivity contribution < 1.29 is 9.47 Å². The number of methoxy groups -OCH3 is 2. The monoisotopic (exact) mass is 314 g/mol. The molecule has 4 heteroatoms. The molecule has 0 spiro atoms. The van der Waals surface area contributed by atoms with E-state index < -0.39 is 0 Å². The Kier molecular flexibility index (Phi) is 4.33. The average molecular weight is 314 g/mol. The highest BCUT2D eigenvalue weighted by Crippen LogP contribution is 2.36. The van der Waals surface area contributed by atoms with Gasteiger partial charge in [0.2, 0.25) is 0 Å². The van der Waals surface area contributed by atoms with Gasteiger partial charge in [-0.1, -0.05) is 13.8 Å². The zero-order valence-electron chi connectivity index (χ0n) is 14.7. The van der Waals surface area contributed by atoms with E-state index in [9.17, 15) is 0 Å². The number of aryl methyl sites for hydroxylation is 1. The van der Waals surface area contributed by atoms with Crippen LogP contribution < -0.4 is 14.4 Å². The van der Waals surface area contributed by atoms with Crippen LogP contribution in [0, 0.1) is 18.8 Å². The van der Waals surface area contributed by atoms with Crippen LogP contribution in [0.3, 0.4) is 0 Å². The average Bonchev–Trinajstić information content (AvgIpc) is 2.52. The van der Waals surface area contributed by atoms with Crippen LogP contribution in [-0.4, -0.2) is 32.3 Å². The van der Waals surface area contributed by atoms with Crippen LogP contribution in [0.5, 0.6) is 11.5 Å². The van der Waals surface area contributed by atoms with Crippen molar-refractivity contribution in [3.63, 3.8) is 0 Å². The standard InChI is InChI=1S/C19H26N2O2/c1-12-8-13(2)11-21(10-12)17-9-14(3)18-15(22-4)6-7-16(23-5)19(18)20-17/h6-7,9,12-13H,8,10-11H2,1-5H3/t12-,13-/m1/s1. The van der Waals surface area contributed by atoms with Gasteiger partial charge in [0, 0.05) is 18.5 Å². The van der Waals surface area contributed by atoms with Crippen LogP contribution in [0.2, 0.25) is 0 Å². The number of fused-ring (bicyclic) bond motifs is 1. The summed E-state index contributed by atoms with van der Waals surface area (Å²) in [5.74, 6) is 4.08. The van der Waals surface area contributed by atoms with Gasteiger partial charge in [-0.3, -0.25) is 0 Å². The lowest BCUT2D eigenvalue weighted by Gasteiger charge is -2.36. The molecule has 23 heavy (non-hydrogen) atoms. The lowest BCUT2D eigenvalue weighted by molar-refractivity contribution is 0.355. The molecule has 1 saturated heterocycles. The van der Waals surface area contributed by atoms with Crippen molar-refractivity contribution in [2.24, 2.45) is 11.8 Å². The molecular formula is C19H26N2O2. The predicted molar refractivity (Wildman–Crippen MR) is 94.7 cm³/mol. The summed E-state index contributed by atoms with van der Waals surface area (Å²) in [6.07, 6.45) is 1.29. The van der Waals surface area contributed by atoms with Crippen molar-refractivity contribution in [3.8, 4) is 11.5 Å². The molecule has 0 bridgehead atoms. The van der Waals surface area contributed by atoms with E-state index in [1.54, 1.807) is 14.2 Å². The topological polar surface area (TPSA) is 34.6 Å². The molecule has 1 aromatic heterocycles. The minimum Gasteiger partial charge on any atom is -0.496 e. The number of rotatable bonds is 3. The summed E-state index contributed by atoms with van der Waals surface area (Å²) in [5, 5.41) is 1.04. The van der Waals surface area contributed by atoms with Gasteiger partial charge in [-0.25, -0.2) is 4.98 Å². The maximum Gasteiger partial charge on any atom is 0.145 e. The van der Waals surface area contributed by atoms with E-state index in [1.807, 2.05) is 12.1 Å². The van der Waals surface area contributed by atoms with Gasteiger partial charge >= 0.3 is 0 Å². The highest BCUT2D eigenvalue weighted by molar-refractivity contribution is 5.94. The number of anilines is 1. The van der Waals surface area contributed by atoms with E-state index in [4.69, 9.17) is 14.5 Å². The molecule has 2 heterocycles. The Hall–Kier alpha value is -1.97. The fourth-order valence-corrected chi connectivity index (χ4v) is 3.81. The Balaban J connectivity index is 2.13. The molecule has 0 unspecified atom stereocenters. The molecule has 0 saturated carbocycles. The highest BCUT2D eigenvalue weighted by atomic mass is 16.5. The van der Waals surface area contributed by atoms with Crippen molar-refractivity contribution in [1.82, 2.24) is 4.98 Å². The molecule has 4 nitrogen and oxygen atoms in total. The molecule has 1 aromatic carbocycles. The molecular weight excluding hydrogens is 288 g/mol. The third-order valence-electron chi connectivity index (χ3n) is 4.70.